The minimum Gasteiger partial charge on any atom is -0.497 e. The Morgan fingerprint density at radius 2 is 2.14 bits per heavy atom. The number of benzene rings is 1. The van der Waals surface area contributed by atoms with Gasteiger partial charge in [0.05, 0.1) is 13.2 Å². The first-order valence-corrected chi connectivity index (χ1v) is 5.63. The van der Waals surface area contributed by atoms with Crippen molar-refractivity contribution in [1.29, 1.82) is 5.26 Å². The molecule has 0 N–H and O–H groups in total. The smallest absolute Gasteiger partial charge is 0.118 e. The first-order valence-electron chi connectivity index (χ1n) is 4.11. The third-order valence-corrected chi connectivity index (χ3v) is 2.57. The molecule has 0 heterocycles. The second kappa shape index (κ2) is 5.66. The quantitative estimate of drug-likeness (QED) is 0.488. The van der Waals surface area contributed by atoms with Gasteiger partial charge in [0.25, 0.3) is 0 Å². The van der Waals surface area contributed by atoms with Crippen molar-refractivity contribution in [2.75, 3.05) is 11.5 Å². The van der Waals surface area contributed by atoms with E-state index in [1.165, 1.54) is 0 Å². The van der Waals surface area contributed by atoms with Gasteiger partial charge in [-0.05, 0) is 23.8 Å². The van der Waals surface area contributed by atoms with Gasteiger partial charge in [0.2, 0.25) is 0 Å². The van der Waals surface area contributed by atoms with Gasteiger partial charge in [0, 0.05) is 10.0 Å². The molecule has 0 aromatic heterocycles. The lowest BCUT2D eigenvalue weighted by Crippen LogP contribution is -1.83. The van der Waals surface area contributed by atoms with Crippen LogP contribution in [0.1, 0.15) is 5.56 Å². The zero-order valence-corrected chi connectivity index (χ0v) is 9.98. The van der Waals surface area contributed by atoms with Gasteiger partial charge in [0.15, 0.2) is 0 Å². The van der Waals surface area contributed by atoms with Crippen LogP contribution in [-0.2, 0) is 0 Å². The third kappa shape index (κ3) is 3.04. The minimum absolute atomic E-state index is 0.736. The van der Waals surface area contributed by atoms with E-state index in [-0.39, 0.29) is 0 Å². The monoisotopic (exact) mass is 299 g/mol. The molecule has 0 atom stereocenters. The van der Waals surface area contributed by atoms with Crippen LogP contribution in [0.25, 0.3) is 6.08 Å². The van der Waals surface area contributed by atoms with Crippen LogP contribution in [0.4, 0.5) is 0 Å². The van der Waals surface area contributed by atoms with Gasteiger partial charge in [0.1, 0.15) is 5.75 Å². The van der Waals surface area contributed by atoms with Crippen molar-refractivity contribution in [1.82, 2.24) is 0 Å². The molecule has 0 radical (unpaired) electrons. The summed E-state index contributed by atoms with van der Waals surface area (Å²) in [6.07, 6.45) is 1.88. The summed E-state index contributed by atoms with van der Waals surface area (Å²) in [6, 6.07) is 9.78. The van der Waals surface area contributed by atoms with Gasteiger partial charge in [-0.25, -0.2) is 0 Å². The van der Waals surface area contributed by atoms with E-state index in [4.69, 9.17) is 10.00 Å². The fourth-order valence-electron chi connectivity index (χ4n) is 1.00. The molecule has 72 valence electrons. The van der Waals surface area contributed by atoms with E-state index in [1.807, 2.05) is 30.3 Å². The van der Waals surface area contributed by atoms with E-state index in [0.29, 0.717) is 0 Å². The second-order valence-corrected chi connectivity index (χ2v) is 3.45. The van der Waals surface area contributed by atoms with Crippen LogP contribution in [0.3, 0.4) is 0 Å². The van der Waals surface area contributed by atoms with E-state index < -0.39 is 0 Å². The number of methoxy groups -OCH3 is 1. The molecule has 0 saturated carbocycles. The van der Waals surface area contributed by atoms with Gasteiger partial charge in [-0.2, -0.15) is 5.26 Å². The van der Waals surface area contributed by atoms with Crippen LogP contribution in [0.15, 0.2) is 29.8 Å². The molecule has 2 nitrogen and oxygen atoms in total. The van der Waals surface area contributed by atoms with Crippen LogP contribution < -0.4 is 4.74 Å². The Balaban J connectivity index is 2.88. The molecule has 1 aromatic carbocycles. The molecule has 3 heteroatoms. The number of ether oxygens (including phenoxy) is 1. The molecule has 0 aliphatic heterocycles. The normalized spacial score (nSPS) is 10.8. The van der Waals surface area contributed by atoms with E-state index in [0.717, 1.165) is 21.3 Å². The van der Waals surface area contributed by atoms with Crippen molar-refractivity contribution in [3.05, 3.63) is 35.4 Å². The lowest BCUT2D eigenvalue weighted by molar-refractivity contribution is 0.415. The Bertz CT molecular complexity index is 362. The molecule has 0 fully saturated rings. The Morgan fingerprint density at radius 1 is 1.50 bits per heavy atom. The summed E-state index contributed by atoms with van der Waals surface area (Å²) in [7, 11) is 1.64. The van der Waals surface area contributed by atoms with Crippen molar-refractivity contribution < 1.29 is 4.74 Å². The van der Waals surface area contributed by atoms with E-state index in [2.05, 4.69) is 28.7 Å². The van der Waals surface area contributed by atoms with Gasteiger partial charge >= 0.3 is 0 Å². The lowest BCUT2D eigenvalue weighted by atomic mass is 10.1. The number of rotatable bonds is 3. The van der Waals surface area contributed by atoms with Crippen molar-refractivity contribution in [2.24, 2.45) is 0 Å². The molecular weight excluding hydrogens is 289 g/mol. The summed E-state index contributed by atoms with van der Waals surface area (Å²) in [5.41, 5.74) is 1.80. The van der Waals surface area contributed by atoms with Gasteiger partial charge in [-0.1, -0.05) is 34.7 Å². The lowest BCUT2D eigenvalue weighted by Gasteiger charge is -1.99. The van der Waals surface area contributed by atoms with Crippen LogP contribution in [0, 0.1) is 11.3 Å². The highest BCUT2D eigenvalue weighted by Gasteiger charge is 1.94. The summed E-state index contributed by atoms with van der Waals surface area (Å²) in [5.74, 6) is 0.829. The summed E-state index contributed by atoms with van der Waals surface area (Å²) in [4.78, 5) is 0. The standard InChI is InChI=1S/C11H10INO/c1-14-11-4-2-9(3-5-11)6-10(7-12)8-13/h2-6H,7H2,1H3/b10-6-. The maximum absolute atomic E-state index is 8.74. The summed E-state index contributed by atoms with van der Waals surface area (Å²) < 4.78 is 5.78. The largest absolute Gasteiger partial charge is 0.497 e. The number of hydrogen-bond donors (Lipinski definition) is 0. The molecule has 0 aliphatic rings. The first-order chi connectivity index (χ1) is 6.80. The van der Waals surface area contributed by atoms with Crippen molar-refractivity contribution in [3.8, 4) is 11.8 Å². The Morgan fingerprint density at radius 3 is 2.57 bits per heavy atom. The molecule has 14 heavy (non-hydrogen) atoms. The summed E-state index contributed by atoms with van der Waals surface area (Å²) in [5, 5.41) is 8.74. The van der Waals surface area contributed by atoms with Crippen LogP contribution in [-0.4, -0.2) is 11.5 Å². The van der Waals surface area contributed by atoms with E-state index in [9.17, 15) is 0 Å². The number of allylic oxidation sites excluding steroid dienone is 1. The average Bonchev–Trinajstić information content (AvgIpc) is 2.26. The SMILES string of the molecule is COc1ccc(/C=C(\C#N)CI)cc1. The fourth-order valence-corrected chi connectivity index (χ4v) is 1.39. The molecule has 1 aromatic rings. The molecule has 0 bridgehead atoms. The molecule has 0 aliphatic carbocycles. The Kier molecular flexibility index (Phi) is 4.47. The molecule has 0 spiro atoms. The zero-order valence-electron chi connectivity index (χ0n) is 7.83. The highest BCUT2D eigenvalue weighted by atomic mass is 127. The summed E-state index contributed by atoms with van der Waals surface area (Å²) >= 11 is 2.17. The maximum Gasteiger partial charge on any atom is 0.118 e. The van der Waals surface area contributed by atoms with Crippen molar-refractivity contribution in [3.63, 3.8) is 0 Å². The summed E-state index contributed by atoms with van der Waals surface area (Å²) in [6.45, 7) is 0. The molecular formula is C11H10INO. The number of hydrogen-bond acceptors (Lipinski definition) is 2. The maximum atomic E-state index is 8.74. The number of halogens is 1. The van der Waals surface area contributed by atoms with E-state index >= 15 is 0 Å². The van der Waals surface area contributed by atoms with Crippen molar-refractivity contribution in [2.45, 2.75) is 0 Å². The highest BCUT2D eigenvalue weighted by molar-refractivity contribution is 14.1. The number of nitrogens with zero attached hydrogens (tertiary/aromatic N) is 1. The van der Waals surface area contributed by atoms with Gasteiger partial charge in [-0.15, -0.1) is 0 Å². The fraction of sp³-hybridized carbons (Fsp3) is 0.182. The molecule has 0 amide bonds. The molecule has 1 rings (SSSR count). The van der Waals surface area contributed by atoms with Crippen LogP contribution >= 0.6 is 22.6 Å². The number of nitriles is 1. The Labute approximate surface area is 97.3 Å². The van der Waals surface area contributed by atoms with E-state index in [1.54, 1.807) is 7.11 Å². The van der Waals surface area contributed by atoms with Crippen molar-refractivity contribution >= 4 is 28.7 Å². The number of alkyl halides is 1. The minimum atomic E-state index is 0.736. The second-order valence-electron chi connectivity index (χ2n) is 2.69. The topological polar surface area (TPSA) is 33.0 Å². The van der Waals surface area contributed by atoms with Gasteiger partial charge < -0.3 is 4.74 Å². The third-order valence-electron chi connectivity index (χ3n) is 1.74. The predicted octanol–water partition coefficient (Wildman–Crippen LogP) is 3.04. The van der Waals surface area contributed by atoms with Gasteiger partial charge in [-0.3, -0.25) is 0 Å². The molecule has 0 saturated heterocycles. The predicted molar refractivity (Wildman–Crippen MR) is 65.5 cm³/mol. The molecule has 0 unspecified atom stereocenters. The Hall–Kier alpha value is -1.02. The highest BCUT2D eigenvalue weighted by Crippen LogP contribution is 2.14. The van der Waals surface area contributed by atoms with Crippen LogP contribution in [0.2, 0.25) is 0 Å². The van der Waals surface area contributed by atoms with Crippen LogP contribution in [0.5, 0.6) is 5.75 Å². The zero-order chi connectivity index (χ0) is 10.4. The average molecular weight is 299 g/mol. The first kappa shape index (κ1) is 11.1.